The van der Waals surface area contributed by atoms with Crippen LogP contribution >= 0.6 is 11.6 Å². The normalized spacial score (nSPS) is 18.1. The highest BCUT2D eigenvalue weighted by molar-refractivity contribution is 6.39. The Hall–Kier alpha value is -3.13. The summed E-state index contributed by atoms with van der Waals surface area (Å²) in [5.74, 6) is -7.14. The number of nitrogens with zero attached hydrogens (tertiary/aromatic N) is 2. The van der Waals surface area contributed by atoms with Crippen LogP contribution in [-0.4, -0.2) is 40.7 Å². The number of pyridine rings is 1. The molecule has 9 heteroatoms. The molecule has 4 rings (SSSR count). The number of amides is 2. The van der Waals surface area contributed by atoms with Crippen molar-refractivity contribution in [3.8, 4) is 0 Å². The SMILES string of the molecule is O=C(Nc1ccc(Cl)cc1)C(=O)N1CCC(c2ccnc3ccc(F)cc23)C(F)(F)C1. The molecule has 5 nitrogen and oxygen atoms in total. The molecule has 1 N–H and O–H groups in total. The zero-order valence-corrected chi connectivity index (χ0v) is 16.9. The Morgan fingerprint density at radius 3 is 2.58 bits per heavy atom. The van der Waals surface area contributed by atoms with E-state index in [9.17, 15) is 14.0 Å². The Morgan fingerprint density at radius 1 is 1.13 bits per heavy atom. The van der Waals surface area contributed by atoms with Crippen LogP contribution in [0.2, 0.25) is 5.02 Å². The molecule has 2 heterocycles. The van der Waals surface area contributed by atoms with Gasteiger partial charge in [-0.2, -0.15) is 0 Å². The fourth-order valence-electron chi connectivity index (χ4n) is 3.80. The molecule has 31 heavy (non-hydrogen) atoms. The molecule has 3 aromatic rings. The van der Waals surface area contributed by atoms with Gasteiger partial charge in [0.25, 0.3) is 5.92 Å². The molecule has 0 aliphatic carbocycles. The molecule has 0 bridgehead atoms. The van der Waals surface area contributed by atoms with Crippen molar-refractivity contribution in [1.82, 2.24) is 9.88 Å². The standard InChI is InChI=1S/C22H17ClF3N3O2/c23-13-1-4-15(5-2-13)28-20(30)21(31)29-10-8-18(22(25,26)12-29)16-7-9-27-19-6-3-14(24)11-17(16)19/h1-7,9,11,18H,8,10,12H2,(H,28,30). The van der Waals surface area contributed by atoms with Crippen LogP contribution in [-0.2, 0) is 9.59 Å². The fraction of sp³-hybridized carbons (Fsp3) is 0.227. The average Bonchev–Trinajstić information content (AvgIpc) is 2.74. The number of aromatic nitrogens is 1. The van der Waals surface area contributed by atoms with Gasteiger partial charge in [0, 0.05) is 28.8 Å². The third kappa shape index (κ3) is 4.34. The summed E-state index contributed by atoms with van der Waals surface area (Å²) in [5.41, 5.74) is 1.01. The van der Waals surface area contributed by atoms with Crippen molar-refractivity contribution in [3.63, 3.8) is 0 Å². The summed E-state index contributed by atoms with van der Waals surface area (Å²) in [7, 11) is 0. The van der Waals surface area contributed by atoms with Crippen LogP contribution in [0.4, 0.5) is 18.9 Å². The highest BCUT2D eigenvalue weighted by Crippen LogP contribution is 2.42. The van der Waals surface area contributed by atoms with Crippen molar-refractivity contribution in [1.29, 1.82) is 0 Å². The second-order valence-corrected chi connectivity index (χ2v) is 7.79. The molecular formula is C22H17ClF3N3O2. The third-order valence-electron chi connectivity index (χ3n) is 5.30. The zero-order chi connectivity index (χ0) is 22.2. The number of piperidine rings is 1. The van der Waals surface area contributed by atoms with E-state index in [0.29, 0.717) is 21.6 Å². The lowest BCUT2D eigenvalue weighted by molar-refractivity contribution is -0.151. The molecule has 1 aliphatic rings. The molecular weight excluding hydrogens is 431 g/mol. The van der Waals surface area contributed by atoms with E-state index in [4.69, 9.17) is 11.6 Å². The Balaban J connectivity index is 1.52. The van der Waals surface area contributed by atoms with Gasteiger partial charge in [0.15, 0.2) is 0 Å². The maximum Gasteiger partial charge on any atom is 0.313 e. The number of rotatable bonds is 2. The van der Waals surface area contributed by atoms with E-state index < -0.39 is 36.0 Å². The number of hydrogen-bond acceptors (Lipinski definition) is 3. The summed E-state index contributed by atoms with van der Waals surface area (Å²) in [6.07, 6.45) is 1.32. The first kappa shape index (κ1) is 21.1. The molecule has 1 fully saturated rings. The first-order valence-electron chi connectivity index (χ1n) is 9.52. The van der Waals surface area contributed by atoms with Crippen LogP contribution in [0, 0.1) is 5.82 Å². The van der Waals surface area contributed by atoms with Gasteiger partial charge in [0.1, 0.15) is 5.82 Å². The Morgan fingerprint density at radius 2 is 1.87 bits per heavy atom. The van der Waals surface area contributed by atoms with Crippen molar-refractivity contribution in [2.45, 2.75) is 18.3 Å². The third-order valence-corrected chi connectivity index (χ3v) is 5.55. The second kappa shape index (κ2) is 8.19. The monoisotopic (exact) mass is 447 g/mol. The Labute approximate surface area is 180 Å². The number of anilines is 1. The largest absolute Gasteiger partial charge is 0.328 e. The van der Waals surface area contributed by atoms with E-state index in [1.807, 2.05) is 0 Å². The lowest BCUT2D eigenvalue weighted by Crippen LogP contribution is -2.52. The predicted molar refractivity (Wildman–Crippen MR) is 111 cm³/mol. The smallest absolute Gasteiger partial charge is 0.313 e. The van der Waals surface area contributed by atoms with E-state index in [1.165, 1.54) is 54.7 Å². The lowest BCUT2D eigenvalue weighted by Gasteiger charge is -2.38. The molecule has 0 saturated carbocycles. The number of halogens is 4. The molecule has 1 aliphatic heterocycles. The van der Waals surface area contributed by atoms with Gasteiger partial charge >= 0.3 is 11.8 Å². The highest BCUT2D eigenvalue weighted by atomic mass is 35.5. The number of nitrogens with one attached hydrogen (secondary N) is 1. The fourth-order valence-corrected chi connectivity index (χ4v) is 3.93. The molecule has 0 spiro atoms. The molecule has 1 atom stereocenters. The number of benzene rings is 2. The van der Waals surface area contributed by atoms with E-state index in [1.54, 1.807) is 0 Å². The van der Waals surface area contributed by atoms with Gasteiger partial charge in [0.2, 0.25) is 0 Å². The van der Waals surface area contributed by atoms with Crippen LogP contribution in [0.15, 0.2) is 54.7 Å². The molecule has 0 radical (unpaired) electrons. The minimum Gasteiger partial charge on any atom is -0.328 e. The molecule has 1 aromatic heterocycles. The van der Waals surface area contributed by atoms with Crippen LogP contribution in [0.25, 0.3) is 10.9 Å². The maximum absolute atomic E-state index is 15.1. The van der Waals surface area contributed by atoms with Gasteiger partial charge in [-0.15, -0.1) is 0 Å². The van der Waals surface area contributed by atoms with Crippen LogP contribution in [0.1, 0.15) is 17.9 Å². The maximum atomic E-state index is 15.1. The van der Waals surface area contributed by atoms with Crippen LogP contribution in [0.5, 0.6) is 0 Å². The van der Waals surface area contributed by atoms with E-state index in [0.717, 1.165) is 4.90 Å². The minimum absolute atomic E-state index is 0.0355. The zero-order valence-electron chi connectivity index (χ0n) is 16.1. The molecule has 1 unspecified atom stereocenters. The van der Waals surface area contributed by atoms with Crippen LogP contribution in [0.3, 0.4) is 0 Å². The van der Waals surface area contributed by atoms with Crippen molar-refractivity contribution in [3.05, 3.63) is 71.1 Å². The van der Waals surface area contributed by atoms with E-state index in [-0.39, 0.29) is 18.5 Å². The first-order valence-corrected chi connectivity index (χ1v) is 9.90. The van der Waals surface area contributed by atoms with Crippen molar-refractivity contribution in [2.24, 2.45) is 0 Å². The lowest BCUT2D eigenvalue weighted by atomic mass is 9.84. The summed E-state index contributed by atoms with van der Waals surface area (Å²) >= 11 is 5.78. The highest BCUT2D eigenvalue weighted by Gasteiger charge is 2.47. The van der Waals surface area contributed by atoms with E-state index in [2.05, 4.69) is 10.3 Å². The number of carbonyl (C=O) groups is 2. The summed E-state index contributed by atoms with van der Waals surface area (Å²) < 4.78 is 43.9. The number of likely N-dealkylation sites (tertiary alicyclic amines) is 1. The molecule has 2 amide bonds. The van der Waals surface area contributed by atoms with Crippen molar-refractivity contribution < 1.29 is 22.8 Å². The summed E-state index contributed by atoms with van der Waals surface area (Å²) in [5, 5.41) is 3.15. The van der Waals surface area contributed by atoms with Gasteiger partial charge in [-0.25, -0.2) is 13.2 Å². The Kier molecular flexibility index (Phi) is 5.58. The van der Waals surface area contributed by atoms with Gasteiger partial charge in [0.05, 0.1) is 18.0 Å². The number of hydrogen-bond donors (Lipinski definition) is 1. The quantitative estimate of drug-likeness (QED) is 0.583. The van der Waals surface area contributed by atoms with Crippen molar-refractivity contribution in [2.75, 3.05) is 18.4 Å². The van der Waals surface area contributed by atoms with Gasteiger partial charge in [-0.05, 0) is 60.5 Å². The Bertz CT molecular complexity index is 1150. The van der Waals surface area contributed by atoms with Crippen LogP contribution < -0.4 is 5.32 Å². The number of alkyl halides is 2. The summed E-state index contributed by atoms with van der Waals surface area (Å²) in [6.45, 7) is -0.948. The van der Waals surface area contributed by atoms with Crippen molar-refractivity contribution >= 4 is 40.0 Å². The molecule has 2 aromatic carbocycles. The van der Waals surface area contributed by atoms with Gasteiger partial charge < -0.3 is 10.2 Å². The first-order chi connectivity index (χ1) is 14.7. The summed E-state index contributed by atoms with van der Waals surface area (Å²) in [4.78, 5) is 29.6. The summed E-state index contributed by atoms with van der Waals surface area (Å²) in [6, 6.07) is 11.4. The predicted octanol–water partition coefficient (Wildman–Crippen LogP) is 4.62. The van der Waals surface area contributed by atoms with Gasteiger partial charge in [-0.1, -0.05) is 11.6 Å². The second-order valence-electron chi connectivity index (χ2n) is 7.35. The number of carbonyl (C=O) groups excluding carboxylic acids is 2. The average molecular weight is 448 g/mol. The molecule has 160 valence electrons. The van der Waals surface area contributed by atoms with Gasteiger partial charge in [-0.3, -0.25) is 14.6 Å². The minimum atomic E-state index is -3.31. The number of fused-ring (bicyclic) bond motifs is 1. The topological polar surface area (TPSA) is 62.3 Å². The van der Waals surface area contributed by atoms with E-state index >= 15 is 8.78 Å². The molecule has 1 saturated heterocycles.